The van der Waals surface area contributed by atoms with Gasteiger partial charge in [0, 0.05) is 25.7 Å². The van der Waals surface area contributed by atoms with Crippen molar-refractivity contribution in [3.63, 3.8) is 0 Å². The zero-order valence-electron chi connectivity index (χ0n) is 14.3. The molecule has 1 aliphatic rings. The highest BCUT2D eigenvalue weighted by Gasteiger charge is 2.21. The number of carbonyl (C=O) groups is 1. The van der Waals surface area contributed by atoms with E-state index in [-0.39, 0.29) is 23.9 Å². The van der Waals surface area contributed by atoms with Crippen LogP contribution in [0.25, 0.3) is 0 Å². The largest absolute Gasteiger partial charge is 0.335 e. The van der Waals surface area contributed by atoms with E-state index in [1.54, 1.807) is 6.07 Å². The number of nitrogens with zero attached hydrogens (tertiary/aromatic N) is 1. The Kier molecular flexibility index (Phi) is 6.39. The Balaban J connectivity index is 1.75. The Labute approximate surface area is 138 Å². The second-order valence-electron chi connectivity index (χ2n) is 6.86. The molecule has 0 aromatic heterocycles. The van der Waals surface area contributed by atoms with Gasteiger partial charge in [-0.25, -0.2) is 9.18 Å². The number of hydrogen-bond acceptors (Lipinski definition) is 2. The van der Waals surface area contributed by atoms with Crippen LogP contribution in [0.3, 0.4) is 0 Å². The van der Waals surface area contributed by atoms with Crippen molar-refractivity contribution >= 4 is 6.03 Å². The average Bonchev–Trinajstić information content (AvgIpc) is 2.48. The summed E-state index contributed by atoms with van der Waals surface area (Å²) in [6.07, 6.45) is 1.96. The van der Waals surface area contributed by atoms with Gasteiger partial charge in [0.25, 0.3) is 0 Å². The number of amides is 2. The van der Waals surface area contributed by atoms with E-state index in [1.165, 1.54) is 12.1 Å². The van der Waals surface area contributed by atoms with Crippen molar-refractivity contribution in [2.45, 2.75) is 45.7 Å². The maximum absolute atomic E-state index is 13.2. The number of hydrogen-bond donors (Lipinski definition) is 2. The Bertz CT molecular complexity index is 513. The summed E-state index contributed by atoms with van der Waals surface area (Å²) in [6, 6.07) is 6.16. The first-order chi connectivity index (χ1) is 10.9. The first-order valence-electron chi connectivity index (χ1n) is 8.49. The molecule has 0 radical (unpaired) electrons. The first kappa shape index (κ1) is 17.7. The Hall–Kier alpha value is -1.62. The van der Waals surface area contributed by atoms with Crippen molar-refractivity contribution in [2.75, 3.05) is 19.6 Å². The molecule has 2 amide bonds. The molecule has 1 aromatic carbocycles. The van der Waals surface area contributed by atoms with E-state index in [0.717, 1.165) is 38.0 Å². The van der Waals surface area contributed by atoms with Crippen molar-refractivity contribution in [2.24, 2.45) is 5.92 Å². The monoisotopic (exact) mass is 321 g/mol. The smallest absolute Gasteiger partial charge is 0.315 e. The van der Waals surface area contributed by atoms with E-state index < -0.39 is 0 Å². The second kappa shape index (κ2) is 8.29. The van der Waals surface area contributed by atoms with E-state index >= 15 is 0 Å². The standard InChI is InChI=1S/C18H28FN3O/c1-13(2)12-22-9-7-17(8-10-22)21-18(23)20-14(3)15-5-4-6-16(19)11-15/h4-6,11,13-14,17H,7-10,12H2,1-3H3,(H2,20,21,23)/t14-/m1/s1. The predicted octanol–water partition coefficient (Wildman–Crippen LogP) is 3.31. The van der Waals surface area contributed by atoms with Crippen molar-refractivity contribution in [1.29, 1.82) is 0 Å². The number of carbonyl (C=O) groups excluding carboxylic acids is 1. The fraction of sp³-hybridized carbons (Fsp3) is 0.611. The third-order valence-electron chi connectivity index (χ3n) is 4.24. The molecule has 5 heteroatoms. The molecule has 4 nitrogen and oxygen atoms in total. The molecule has 0 unspecified atom stereocenters. The van der Waals surface area contributed by atoms with Crippen LogP contribution in [0.2, 0.25) is 0 Å². The van der Waals surface area contributed by atoms with Crippen molar-refractivity contribution in [1.82, 2.24) is 15.5 Å². The Morgan fingerprint density at radius 2 is 2.00 bits per heavy atom. The summed E-state index contributed by atoms with van der Waals surface area (Å²) in [5, 5.41) is 5.92. The lowest BCUT2D eigenvalue weighted by Crippen LogP contribution is -2.48. The lowest BCUT2D eigenvalue weighted by molar-refractivity contribution is 0.177. The number of rotatable bonds is 5. The van der Waals surface area contributed by atoms with Gasteiger partial charge >= 0.3 is 6.03 Å². The van der Waals surface area contributed by atoms with Gasteiger partial charge in [0.15, 0.2) is 0 Å². The van der Waals surface area contributed by atoms with E-state index in [9.17, 15) is 9.18 Å². The molecule has 0 saturated carbocycles. The van der Waals surface area contributed by atoms with E-state index in [0.29, 0.717) is 5.92 Å². The maximum atomic E-state index is 13.2. The van der Waals surface area contributed by atoms with Gasteiger partial charge in [-0.1, -0.05) is 26.0 Å². The second-order valence-corrected chi connectivity index (χ2v) is 6.86. The maximum Gasteiger partial charge on any atom is 0.315 e. The van der Waals surface area contributed by atoms with Crippen molar-refractivity contribution in [3.05, 3.63) is 35.6 Å². The summed E-state index contributed by atoms with van der Waals surface area (Å²) in [4.78, 5) is 14.6. The first-order valence-corrected chi connectivity index (χ1v) is 8.49. The molecular formula is C18H28FN3O. The third kappa shape index (κ3) is 5.82. The summed E-state index contributed by atoms with van der Waals surface area (Å²) in [7, 11) is 0. The fourth-order valence-corrected chi connectivity index (χ4v) is 3.06. The number of piperidine rings is 1. The van der Waals surface area contributed by atoms with Crippen LogP contribution in [0.15, 0.2) is 24.3 Å². The van der Waals surface area contributed by atoms with Gasteiger partial charge in [-0.3, -0.25) is 0 Å². The van der Waals surface area contributed by atoms with Crippen molar-refractivity contribution in [3.8, 4) is 0 Å². The topological polar surface area (TPSA) is 44.4 Å². The normalized spacial score (nSPS) is 18.0. The lowest BCUT2D eigenvalue weighted by atomic mass is 10.0. The molecule has 2 N–H and O–H groups in total. The summed E-state index contributed by atoms with van der Waals surface area (Å²) in [6.45, 7) is 9.50. The molecule has 1 aromatic rings. The van der Waals surface area contributed by atoms with Crippen LogP contribution >= 0.6 is 0 Å². The minimum atomic E-state index is -0.283. The van der Waals surface area contributed by atoms with Crippen LogP contribution in [-0.2, 0) is 0 Å². The SMILES string of the molecule is CC(C)CN1CCC(NC(=O)N[C@H](C)c2cccc(F)c2)CC1. The molecule has 0 spiro atoms. The van der Waals surface area contributed by atoms with Gasteiger partial charge in [0.05, 0.1) is 6.04 Å². The van der Waals surface area contributed by atoms with Gasteiger partial charge in [-0.15, -0.1) is 0 Å². The highest BCUT2D eigenvalue weighted by molar-refractivity contribution is 5.74. The van der Waals surface area contributed by atoms with Gasteiger partial charge < -0.3 is 15.5 Å². The van der Waals surface area contributed by atoms with Crippen molar-refractivity contribution < 1.29 is 9.18 Å². The van der Waals surface area contributed by atoms with Crippen LogP contribution in [-0.4, -0.2) is 36.6 Å². The molecule has 2 rings (SSSR count). The highest BCUT2D eigenvalue weighted by Crippen LogP contribution is 2.14. The van der Waals surface area contributed by atoms with Gasteiger partial charge in [0.2, 0.25) is 0 Å². The van der Waals surface area contributed by atoms with E-state index in [2.05, 4.69) is 29.4 Å². The molecule has 1 fully saturated rings. The van der Waals surface area contributed by atoms with Gasteiger partial charge in [-0.2, -0.15) is 0 Å². The van der Waals surface area contributed by atoms with Gasteiger partial charge in [-0.05, 0) is 43.4 Å². The Morgan fingerprint density at radius 3 is 2.61 bits per heavy atom. The molecule has 23 heavy (non-hydrogen) atoms. The quantitative estimate of drug-likeness (QED) is 0.874. The lowest BCUT2D eigenvalue weighted by Gasteiger charge is -2.33. The van der Waals surface area contributed by atoms with E-state index in [1.807, 2.05) is 13.0 Å². The number of benzene rings is 1. The molecule has 1 aliphatic heterocycles. The number of urea groups is 1. The minimum Gasteiger partial charge on any atom is -0.335 e. The number of nitrogens with one attached hydrogen (secondary N) is 2. The molecule has 0 aliphatic carbocycles. The molecular weight excluding hydrogens is 293 g/mol. The summed E-state index contributed by atoms with van der Waals surface area (Å²) < 4.78 is 13.2. The average molecular weight is 321 g/mol. The number of halogens is 1. The van der Waals surface area contributed by atoms with Crippen LogP contribution in [0, 0.1) is 11.7 Å². The predicted molar refractivity (Wildman–Crippen MR) is 90.8 cm³/mol. The molecule has 128 valence electrons. The third-order valence-corrected chi connectivity index (χ3v) is 4.24. The van der Waals surface area contributed by atoms with Crippen LogP contribution in [0.5, 0.6) is 0 Å². The zero-order chi connectivity index (χ0) is 16.8. The zero-order valence-corrected chi connectivity index (χ0v) is 14.3. The highest BCUT2D eigenvalue weighted by atomic mass is 19.1. The molecule has 1 atom stereocenters. The number of likely N-dealkylation sites (tertiary alicyclic amines) is 1. The molecule has 0 bridgehead atoms. The molecule has 1 saturated heterocycles. The van der Waals surface area contributed by atoms with Crippen LogP contribution in [0.1, 0.15) is 45.2 Å². The summed E-state index contributed by atoms with van der Waals surface area (Å²) >= 11 is 0. The van der Waals surface area contributed by atoms with Gasteiger partial charge in [0.1, 0.15) is 5.82 Å². The summed E-state index contributed by atoms with van der Waals surface area (Å²) in [5.74, 6) is 0.393. The Morgan fingerprint density at radius 1 is 1.30 bits per heavy atom. The minimum absolute atomic E-state index is 0.177. The van der Waals surface area contributed by atoms with Crippen LogP contribution in [0.4, 0.5) is 9.18 Å². The van der Waals surface area contributed by atoms with E-state index in [4.69, 9.17) is 0 Å². The summed E-state index contributed by atoms with van der Waals surface area (Å²) in [5.41, 5.74) is 0.770. The van der Waals surface area contributed by atoms with Crippen LogP contribution < -0.4 is 10.6 Å². The fourth-order valence-electron chi connectivity index (χ4n) is 3.06. The molecule has 1 heterocycles.